The molecule has 0 fully saturated rings. The SMILES string of the molecule is COc1cc(C)c(C)c2c1CCCC(=O)N2. The molecule has 0 aliphatic carbocycles. The van der Waals surface area contributed by atoms with Crippen LogP contribution in [0.2, 0.25) is 0 Å². The molecule has 3 heteroatoms. The lowest BCUT2D eigenvalue weighted by Gasteiger charge is -2.16. The maximum absolute atomic E-state index is 11.6. The van der Waals surface area contributed by atoms with Crippen LogP contribution in [0.1, 0.15) is 29.5 Å². The van der Waals surface area contributed by atoms with Crippen molar-refractivity contribution in [1.29, 1.82) is 0 Å². The van der Waals surface area contributed by atoms with Crippen molar-refractivity contribution in [2.24, 2.45) is 0 Å². The number of nitrogens with one attached hydrogen (secondary N) is 1. The molecule has 1 amide bonds. The number of rotatable bonds is 1. The van der Waals surface area contributed by atoms with E-state index in [0.29, 0.717) is 6.42 Å². The van der Waals surface area contributed by atoms with E-state index in [1.165, 1.54) is 0 Å². The Morgan fingerprint density at radius 2 is 2.06 bits per heavy atom. The highest BCUT2D eigenvalue weighted by Crippen LogP contribution is 2.35. The van der Waals surface area contributed by atoms with Crippen molar-refractivity contribution in [2.75, 3.05) is 12.4 Å². The maximum atomic E-state index is 11.6. The summed E-state index contributed by atoms with van der Waals surface area (Å²) < 4.78 is 5.39. The fourth-order valence-corrected chi connectivity index (χ4v) is 2.17. The molecule has 2 rings (SSSR count). The molecule has 0 spiro atoms. The summed E-state index contributed by atoms with van der Waals surface area (Å²) in [5.74, 6) is 0.995. The number of aryl methyl sites for hydroxylation is 1. The van der Waals surface area contributed by atoms with Gasteiger partial charge in [-0.15, -0.1) is 0 Å². The number of carbonyl (C=O) groups excluding carboxylic acids is 1. The third-order valence-corrected chi connectivity index (χ3v) is 3.23. The smallest absolute Gasteiger partial charge is 0.224 e. The van der Waals surface area contributed by atoms with Crippen LogP contribution < -0.4 is 10.1 Å². The summed E-state index contributed by atoms with van der Waals surface area (Å²) in [5.41, 5.74) is 4.39. The van der Waals surface area contributed by atoms with Crippen molar-refractivity contribution in [3.63, 3.8) is 0 Å². The van der Waals surface area contributed by atoms with Gasteiger partial charge in [0.1, 0.15) is 5.75 Å². The molecule has 0 saturated heterocycles. The van der Waals surface area contributed by atoms with E-state index in [2.05, 4.69) is 5.32 Å². The van der Waals surface area contributed by atoms with E-state index in [4.69, 9.17) is 4.74 Å². The fraction of sp³-hybridized carbons (Fsp3) is 0.462. The van der Waals surface area contributed by atoms with E-state index in [1.54, 1.807) is 7.11 Å². The standard InChI is InChI=1S/C13H17NO2/c1-8-7-11(16-3)10-5-4-6-12(15)14-13(10)9(8)2/h7H,4-6H2,1-3H3,(H,14,15). The molecule has 16 heavy (non-hydrogen) atoms. The van der Waals surface area contributed by atoms with Crippen molar-refractivity contribution in [1.82, 2.24) is 0 Å². The minimum absolute atomic E-state index is 0.106. The zero-order chi connectivity index (χ0) is 11.7. The van der Waals surface area contributed by atoms with Crippen LogP contribution in [-0.2, 0) is 11.2 Å². The molecule has 1 N–H and O–H groups in total. The number of fused-ring (bicyclic) bond motifs is 1. The summed E-state index contributed by atoms with van der Waals surface area (Å²) in [4.78, 5) is 11.6. The minimum Gasteiger partial charge on any atom is -0.496 e. The van der Waals surface area contributed by atoms with Gasteiger partial charge in [-0.05, 0) is 43.9 Å². The molecule has 1 aliphatic rings. The van der Waals surface area contributed by atoms with E-state index in [9.17, 15) is 4.79 Å². The van der Waals surface area contributed by atoms with E-state index in [1.807, 2.05) is 19.9 Å². The molecule has 0 saturated carbocycles. The lowest BCUT2D eigenvalue weighted by atomic mass is 9.99. The molecule has 3 nitrogen and oxygen atoms in total. The van der Waals surface area contributed by atoms with Crippen molar-refractivity contribution < 1.29 is 9.53 Å². The van der Waals surface area contributed by atoms with E-state index < -0.39 is 0 Å². The van der Waals surface area contributed by atoms with Gasteiger partial charge >= 0.3 is 0 Å². The van der Waals surface area contributed by atoms with Crippen LogP contribution in [0.4, 0.5) is 5.69 Å². The molecule has 1 aliphatic heterocycles. The number of hydrogen-bond donors (Lipinski definition) is 1. The second-order valence-electron chi connectivity index (χ2n) is 4.28. The van der Waals surface area contributed by atoms with Crippen LogP contribution in [0, 0.1) is 13.8 Å². The number of carbonyl (C=O) groups is 1. The number of methoxy groups -OCH3 is 1. The molecule has 1 heterocycles. The van der Waals surface area contributed by atoms with Gasteiger partial charge in [0.2, 0.25) is 5.91 Å². The van der Waals surface area contributed by atoms with Crippen molar-refractivity contribution >= 4 is 11.6 Å². The highest BCUT2D eigenvalue weighted by molar-refractivity contribution is 5.94. The van der Waals surface area contributed by atoms with E-state index in [0.717, 1.165) is 41.0 Å². The van der Waals surface area contributed by atoms with E-state index >= 15 is 0 Å². The molecule has 0 unspecified atom stereocenters. The van der Waals surface area contributed by atoms with Gasteiger partial charge in [-0.25, -0.2) is 0 Å². The van der Waals surface area contributed by atoms with Crippen LogP contribution in [0.15, 0.2) is 6.07 Å². The molecule has 0 bridgehead atoms. The Bertz CT molecular complexity index is 438. The molecule has 1 aromatic rings. The molecular formula is C13H17NO2. The number of anilines is 1. The van der Waals surface area contributed by atoms with Gasteiger partial charge < -0.3 is 10.1 Å². The first kappa shape index (κ1) is 11.0. The molecule has 0 atom stereocenters. The van der Waals surface area contributed by atoms with Gasteiger partial charge in [0.05, 0.1) is 12.8 Å². The second-order valence-corrected chi connectivity index (χ2v) is 4.28. The van der Waals surface area contributed by atoms with Gasteiger partial charge in [0.15, 0.2) is 0 Å². The van der Waals surface area contributed by atoms with Crippen LogP contribution in [0.25, 0.3) is 0 Å². The van der Waals surface area contributed by atoms with Gasteiger partial charge in [-0.3, -0.25) is 4.79 Å². The summed E-state index contributed by atoms with van der Waals surface area (Å²) in [6.07, 6.45) is 2.38. The Kier molecular flexibility index (Phi) is 2.86. The Balaban J connectivity index is 2.60. The average molecular weight is 219 g/mol. The Morgan fingerprint density at radius 1 is 1.31 bits per heavy atom. The topological polar surface area (TPSA) is 38.3 Å². The predicted molar refractivity (Wildman–Crippen MR) is 64.0 cm³/mol. The molecule has 0 aromatic heterocycles. The highest BCUT2D eigenvalue weighted by atomic mass is 16.5. The number of benzene rings is 1. The van der Waals surface area contributed by atoms with Crippen LogP contribution in [0.5, 0.6) is 5.75 Å². The normalized spacial score (nSPS) is 15.1. The molecule has 86 valence electrons. The summed E-state index contributed by atoms with van der Waals surface area (Å²) in [6, 6.07) is 2.05. The lowest BCUT2D eigenvalue weighted by molar-refractivity contribution is -0.116. The summed E-state index contributed by atoms with van der Waals surface area (Å²) in [7, 11) is 1.68. The Hall–Kier alpha value is -1.51. The van der Waals surface area contributed by atoms with Crippen LogP contribution in [0.3, 0.4) is 0 Å². The maximum Gasteiger partial charge on any atom is 0.224 e. The Morgan fingerprint density at radius 3 is 2.75 bits per heavy atom. The molecule has 1 aromatic carbocycles. The summed E-state index contributed by atoms with van der Waals surface area (Å²) in [5, 5.41) is 2.99. The zero-order valence-electron chi connectivity index (χ0n) is 10.0. The summed E-state index contributed by atoms with van der Waals surface area (Å²) in [6.45, 7) is 4.08. The van der Waals surface area contributed by atoms with Gasteiger partial charge in [0.25, 0.3) is 0 Å². The molecule has 0 radical (unpaired) electrons. The second kappa shape index (κ2) is 4.16. The van der Waals surface area contributed by atoms with Crippen LogP contribution in [-0.4, -0.2) is 13.0 Å². The van der Waals surface area contributed by atoms with Crippen LogP contribution >= 0.6 is 0 Å². The van der Waals surface area contributed by atoms with Gasteiger partial charge in [0, 0.05) is 12.0 Å². The first-order valence-corrected chi connectivity index (χ1v) is 5.60. The average Bonchev–Trinajstić information content (AvgIpc) is 2.45. The number of amides is 1. The largest absolute Gasteiger partial charge is 0.496 e. The number of ether oxygens (including phenoxy) is 1. The monoisotopic (exact) mass is 219 g/mol. The number of hydrogen-bond acceptors (Lipinski definition) is 2. The Labute approximate surface area is 95.8 Å². The first-order valence-electron chi connectivity index (χ1n) is 5.60. The van der Waals surface area contributed by atoms with Crippen molar-refractivity contribution in [3.05, 3.63) is 22.8 Å². The van der Waals surface area contributed by atoms with Gasteiger partial charge in [-0.2, -0.15) is 0 Å². The van der Waals surface area contributed by atoms with Crippen molar-refractivity contribution in [2.45, 2.75) is 33.1 Å². The summed E-state index contributed by atoms with van der Waals surface area (Å²) >= 11 is 0. The third kappa shape index (κ3) is 1.77. The van der Waals surface area contributed by atoms with E-state index in [-0.39, 0.29) is 5.91 Å². The lowest BCUT2D eigenvalue weighted by Crippen LogP contribution is -2.11. The fourth-order valence-electron chi connectivity index (χ4n) is 2.17. The highest BCUT2D eigenvalue weighted by Gasteiger charge is 2.19. The zero-order valence-corrected chi connectivity index (χ0v) is 10.0. The molecular weight excluding hydrogens is 202 g/mol. The first-order chi connectivity index (χ1) is 7.63. The quantitative estimate of drug-likeness (QED) is 0.788. The third-order valence-electron chi connectivity index (χ3n) is 3.23. The predicted octanol–water partition coefficient (Wildman–Crippen LogP) is 2.59. The van der Waals surface area contributed by atoms with Crippen molar-refractivity contribution in [3.8, 4) is 5.75 Å². The van der Waals surface area contributed by atoms with Gasteiger partial charge in [-0.1, -0.05) is 0 Å². The minimum atomic E-state index is 0.106.